The Morgan fingerprint density at radius 2 is 2.15 bits per heavy atom. The zero-order valence-corrected chi connectivity index (χ0v) is 7.49. The molecule has 4 heteroatoms. The van der Waals surface area contributed by atoms with Crippen molar-refractivity contribution in [2.24, 2.45) is 5.92 Å². The SMILES string of the molecule is O=C(O)C[C@@H]1CCC2(C1)OCCO2. The Morgan fingerprint density at radius 1 is 1.46 bits per heavy atom. The van der Waals surface area contributed by atoms with Crippen molar-refractivity contribution < 1.29 is 19.4 Å². The largest absolute Gasteiger partial charge is 0.481 e. The van der Waals surface area contributed by atoms with E-state index in [0.717, 1.165) is 19.3 Å². The fraction of sp³-hybridized carbons (Fsp3) is 0.889. The lowest BCUT2D eigenvalue weighted by molar-refractivity contribution is -0.153. The summed E-state index contributed by atoms with van der Waals surface area (Å²) in [5, 5.41) is 8.62. The van der Waals surface area contributed by atoms with Gasteiger partial charge in [-0.05, 0) is 12.3 Å². The second-order valence-corrected chi connectivity index (χ2v) is 3.81. The number of aliphatic carboxylic acids is 1. The van der Waals surface area contributed by atoms with Crippen LogP contribution in [0.1, 0.15) is 25.7 Å². The molecule has 1 atom stereocenters. The van der Waals surface area contributed by atoms with E-state index in [9.17, 15) is 4.79 Å². The van der Waals surface area contributed by atoms with Crippen LogP contribution in [-0.4, -0.2) is 30.1 Å². The topological polar surface area (TPSA) is 55.8 Å². The van der Waals surface area contributed by atoms with Crippen LogP contribution in [0.25, 0.3) is 0 Å². The summed E-state index contributed by atoms with van der Waals surface area (Å²) in [6.07, 6.45) is 2.75. The quantitative estimate of drug-likeness (QED) is 0.699. The normalized spacial score (nSPS) is 31.2. The van der Waals surface area contributed by atoms with E-state index in [1.807, 2.05) is 0 Å². The molecule has 2 fully saturated rings. The Bertz CT molecular complexity index is 208. The zero-order chi connectivity index (χ0) is 9.31. The number of carboxylic acid groups (broad SMARTS) is 1. The van der Waals surface area contributed by atoms with Crippen LogP contribution in [0.5, 0.6) is 0 Å². The van der Waals surface area contributed by atoms with Crippen LogP contribution in [0.4, 0.5) is 0 Å². The summed E-state index contributed by atoms with van der Waals surface area (Å²) in [4.78, 5) is 10.5. The summed E-state index contributed by atoms with van der Waals surface area (Å²) < 4.78 is 11.0. The van der Waals surface area contributed by atoms with Crippen molar-refractivity contribution >= 4 is 5.97 Å². The number of hydrogen-bond acceptors (Lipinski definition) is 3. The predicted octanol–water partition coefficient (Wildman–Crippen LogP) is 1.00. The number of carbonyl (C=O) groups is 1. The van der Waals surface area contributed by atoms with E-state index in [-0.39, 0.29) is 12.3 Å². The first-order chi connectivity index (χ1) is 6.20. The molecule has 1 saturated carbocycles. The highest BCUT2D eigenvalue weighted by Gasteiger charge is 2.44. The molecule has 0 radical (unpaired) electrons. The standard InChI is InChI=1S/C9H14O4/c10-8(11)5-7-1-2-9(6-7)12-3-4-13-9/h7H,1-6H2,(H,10,11)/t7-/m0/s1. The summed E-state index contributed by atoms with van der Waals surface area (Å²) >= 11 is 0. The van der Waals surface area contributed by atoms with Gasteiger partial charge < -0.3 is 14.6 Å². The molecule has 1 saturated heterocycles. The molecular formula is C9H14O4. The molecule has 0 unspecified atom stereocenters. The minimum atomic E-state index is -0.722. The van der Waals surface area contributed by atoms with Crippen molar-refractivity contribution in [3.05, 3.63) is 0 Å². The molecule has 0 aromatic heterocycles. The molecule has 4 nitrogen and oxygen atoms in total. The van der Waals surface area contributed by atoms with E-state index in [0.29, 0.717) is 13.2 Å². The van der Waals surface area contributed by atoms with Crippen molar-refractivity contribution in [1.82, 2.24) is 0 Å². The van der Waals surface area contributed by atoms with Crippen molar-refractivity contribution in [3.8, 4) is 0 Å². The molecule has 1 spiro atoms. The first-order valence-corrected chi connectivity index (χ1v) is 4.70. The average molecular weight is 186 g/mol. The van der Waals surface area contributed by atoms with Crippen molar-refractivity contribution in [2.45, 2.75) is 31.5 Å². The minimum absolute atomic E-state index is 0.232. The van der Waals surface area contributed by atoms with Crippen LogP contribution in [0.15, 0.2) is 0 Å². The lowest BCUT2D eigenvalue weighted by atomic mass is 10.0. The highest BCUT2D eigenvalue weighted by molar-refractivity contribution is 5.67. The van der Waals surface area contributed by atoms with Crippen LogP contribution in [0.2, 0.25) is 0 Å². The molecule has 0 aromatic carbocycles. The Balaban J connectivity index is 1.89. The third-order valence-corrected chi connectivity index (χ3v) is 2.81. The lowest BCUT2D eigenvalue weighted by Gasteiger charge is -2.21. The first-order valence-electron chi connectivity index (χ1n) is 4.70. The Kier molecular flexibility index (Phi) is 2.26. The van der Waals surface area contributed by atoms with Crippen LogP contribution in [0.3, 0.4) is 0 Å². The number of rotatable bonds is 2. The highest BCUT2D eigenvalue weighted by Crippen LogP contribution is 2.41. The van der Waals surface area contributed by atoms with Gasteiger partial charge in [-0.2, -0.15) is 0 Å². The second-order valence-electron chi connectivity index (χ2n) is 3.81. The molecule has 74 valence electrons. The molecule has 2 rings (SSSR count). The smallest absolute Gasteiger partial charge is 0.303 e. The molecule has 1 aliphatic heterocycles. The van der Waals surface area contributed by atoms with Crippen molar-refractivity contribution in [2.75, 3.05) is 13.2 Å². The molecule has 1 heterocycles. The highest BCUT2D eigenvalue weighted by atomic mass is 16.7. The van der Waals surface area contributed by atoms with Gasteiger partial charge in [-0.1, -0.05) is 0 Å². The maximum atomic E-state index is 10.5. The third-order valence-electron chi connectivity index (χ3n) is 2.81. The van der Waals surface area contributed by atoms with Gasteiger partial charge in [0, 0.05) is 19.3 Å². The first kappa shape index (κ1) is 8.97. The summed E-state index contributed by atoms with van der Waals surface area (Å²) in [6.45, 7) is 1.31. The molecule has 2 aliphatic rings. The molecule has 1 aliphatic carbocycles. The van der Waals surface area contributed by atoms with Gasteiger partial charge in [-0.25, -0.2) is 0 Å². The Hall–Kier alpha value is -0.610. The monoisotopic (exact) mass is 186 g/mol. The van der Waals surface area contributed by atoms with E-state index >= 15 is 0 Å². The summed E-state index contributed by atoms with van der Waals surface area (Å²) in [6, 6.07) is 0. The van der Waals surface area contributed by atoms with Crippen LogP contribution < -0.4 is 0 Å². The zero-order valence-electron chi connectivity index (χ0n) is 7.49. The Morgan fingerprint density at radius 3 is 2.77 bits per heavy atom. The van der Waals surface area contributed by atoms with E-state index in [4.69, 9.17) is 14.6 Å². The minimum Gasteiger partial charge on any atom is -0.481 e. The fourth-order valence-electron chi connectivity index (χ4n) is 2.25. The van der Waals surface area contributed by atoms with Gasteiger partial charge >= 0.3 is 5.97 Å². The number of carboxylic acids is 1. The second kappa shape index (κ2) is 3.27. The molecule has 0 bridgehead atoms. The van der Waals surface area contributed by atoms with E-state index in [2.05, 4.69) is 0 Å². The van der Waals surface area contributed by atoms with Gasteiger partial charge in [0.15, 0.2) is 5.79 Å². The van der Waals surface area contributed by atoms with Crippen LogP contribution in [0, 0.1) is 5.92 Å². The van der Waals surface area contributed by atoms with Gasteiger partial charge in [0.05, 0.1) is 13.2 Å². The number of ether oxygens (including phenoxy) is 2. The molecule has 0 aromatic rings. The molecule has 13 heavy (non-hydrogen) atoms. The number of hydrogen-bond donors (Lipinski definition) is 1. The van der Waals surface area contributed by atoms with Gasteiger partial charge in [-0.15, -0.1) is 0 Å². The van der Waals surface area contributed by atoms with Crippen LogP contribution >= 0.6 is 0 Å². The maximum absolute atomic E-state index is 10.5. The van der Waals surface area contributed by atoms with E-state index < -0.39 is 11.8 Å². The third kappa shape index (κ3) is 1.84. The summed E-state index contributed by atoms with van der Waals surface area (Å²) in [7, 11) is 0. The van der Waals surface area contributed by atoms with Gasteiger partial charge in [0.2, 0.25) is 0 Å². The fourth-order valence-corrected chi connectivity index (χ4v) is 2.25. The lowest BCUT2D eigenvalue weighted by Crippen LogP contribution is -2.26. The molecule has 0 amide bonds. The molecule has 1 N–H and O–H groups in total. The van der Waals surface area contributed by atoms with Crippen LogP contribution in [-0.2, 0) is 14.3 Å². The van der Waals surface area contributed by atoms with E-state index in [1.165, 1.54) is 0 Å². The van der Waals surface area contributed by atoms with Gasteiger partial charge in [0.1, 0.15) is 0 Å². The van der Waals surface area contributed by atoms with Gasteiger partial charge in [-0.3, -0.25) is 4.79 Å². The van der Waals surface area contributed by atoms with Crippen molar-refractivity contribution in [3.63, 3.8) is 0 Å². The maximum Gasteiger partial charge on any atom is 0.303 e. The summed E-state index contributed by atoms with van der Waals surface area (Å²) in [5.41, 5.74) is 0. The van der Waals surface area contributed by atoms with Gasteiger partial charge in [0.25, 0.3) is 0 Å². The predicted molar refractivity (Wildman–Crippen MR) is 44.2 cm³/mol. The van der Waals surface area contributed by atoms with Crippen molar-refractivity contribution in [1.29, 1.82) is 0 Å². The van der Waals surface area contributed by atoms with E-state index in [1.54, 1.807) is 0 Å². The Labute approximate surface area is 76.8 Å². The average Bonchev–Trinajstić information content (AvgIpc) is 2.63. The molecular weight excluding hydrogens is 172 g/mol. The summed E-state index contributed by atoms with van der Waals surface area (Å²) in [5.74, 6) is -0.907.